The van der Waals surface area contributed by atoms with E-state index in [-0.39, 0.29) is 76.7 Å². The third-order valence-corrected chi connectivity index (χ3v) is 3.77. The molecule has 12 heteroatoms. The van der Waals surface area contributed by atoms with Crippen molar-refractivity contribution >= 4 is 42.2 Å². The number of hydrogen-bond donors (Lipinski definition) is 4. The first-order chi connectivity index (χ1) is 13.9. The van der Waals surface area contributed by atoms with Gasteiger partial charge in [-0.3, -0.25) is 28.9 Å². The molecule has 0 atom stereocenters. The summed E-state index contributed by atoms with van der Waals surface area (Å²) in [6.07, 6.45) is 2.64. The van der Waals surface area contributed by atoms with Crippen LogP contribution in [0.1, 0.15) is 12.8 Å². The number of carbonyl (C=O) groups excluding carboxylic acids is 5. The fourth-order valence-electron chi connectivity index (χ4n) is 2.08. The summed E-state index contributed by atoms with van der Waals surface area (Å²) >= 11 is 3.93. The smallest absolute Gasteiger partial charge is 0.253 e. The molecule has 0 radical (unpaired) electrons. The Labute approximate surface area is 173 Å². The molecule has 1 heterocycles. The molecule has 0 spiro atoms. The van der Waals surface area contributed by atoms with E-state index in [9.17, 15) is 24.0 Å². The van der Waals surface area contributed by atoms with Crippen molar-refractivity contribution in [2.75, 3.05) is 51.9 Å². The molecule has 0 aromatic carbocycles. The quantitative estimate of drug-likeness (QED) is 0.101. The van der Waals surface area contributed by atoms with E-state index in [1.807, 2.05) is 0 Å². The van der Waals surface area contributed by atoms with E-state index in [0.29, 0.717) is 5.75 Å². The Morgan fingerprint density at radius 2 is 1.48 bits per heavy atom. The number of nitrogens with one attached hydrogen (secondary N) is 3. The van der Waals surface area contributed by atoms with Gasteiger partial charge < -0.3 is 25.4 Å². The molecule has 0 aromatic heterocycles. The first-order valence-corrected chi connectivity index (χ1v) is 9.67. The van der Waals surface area contributed by atoms with Crippen LogP contribution in [0.25, 0.3) is 0 Å². The summed E-state index contributed by atoms with van der Waals surface area (Å²) in [5, 5.41) is 7.59. The van der Waals surface area contributed by atoms with Crippen LogP contribution in [0.5, 0.6) is 0 Å². The van der Waals surface area contributed by atoms with Crippen LogP contribution in [-0.4, -0.2) is 86.4 Å². The normalized spacial score (nSPS) is 12.9. The van der Waals surface area contributed by atoms with Gasteiger partial charge in [0.25, 0.3) is 11.8 Å². The van der Waals surface area contributed by atoms with Gasteiger partial charge in [0.05, 0.1) is 26.5 Å². The van der Waals surface area contributed by atoms with E-state index in [0.717, 1.165) is 4.90 Å². The first-order valence-electron chi connectivity index (χ1n) is 9.04. The zero-order chi connectivity index (χ0) is 21.5. The maximum absolute atomic E-state index is 11.7. The number of rotatable bonds is 15. The van der Waals surface area contributed by atoms with Crippen LogP contribution in [0.4, 0.5) is 0 Å². The first kappa shape index (κ1) is 24.6. The maximum Gasteiger partial charge on any atom is 0.253 e. The highest BCUT2D eigenvalue weighted by molar-refractivity contribution is 7.80. The standard InChI is InChI=1S/C17H26N4O7S/c22-13(3-6-21-16(25)1-2-17(21)26)18-5-7-27-8-9-28-11-15(24)20-12-19-14(23)4-10-29/h1-2,29H,3-12H2,(H,18,22)(H,19,23)(H,20,24). The van der Waals surface area contributed by atoms with Crippen molar-refractivity contribution in [1.82, 2.24) is 20.9 Å². The van der Waals surface area contributed by atoms with Crippen molar-refractivity contribution in [3.63, 3.8) is 0 Å². The van der Waals surface area contributed by atoms with Crippen molar-refractivity contribution in [3.8, 4) is 0 Å². The van der Waals surface area contributed by atoms with Gasteiger partial charge in [0.1, 0.15) is 6.61 Å². The zero-order valence-electron chi connectivity index (χ0n) is 16.0. The Bertz CT molecular complexity index is 609. The lowest BCUT2D eigenvalue weighted by molar-refractivity contribution is -0.137. The number of imide groups is 1. The number of ether oxygens (including phenoxy) is 2. The molecule has 29 heavy (non-hydrogen) atoms. The van der Waals surface area contributed by atoms with E-state index in [2.05, 4.69) is 28.6 Å². The summed E-state index contributed by atoms with van der Waals surface area (Å²) in [4.78, 5) is 57.9. The Morgan fingerprint density at radius 1 is 0.862 bits per heavy atom. The van der Waals surface area contributed by atoms with Crippen molar-refractivity contribution in [3.05, 3.63) is 12.2 Å². The summed E-state index contributed by atoms with van der Waals surface area (Å²) in [7, 11) is 0. The minimum atomic E-state index is -0.418. The molecule has 11 nitrogen and oxygen atoms in total. The Morgan fingerprint density at radius 3 is 2.17 bits per heavy atom. The predicted octanol–water partition coefficient (Wildman–Crippen LogP) is -2.04. The zero-order valence-corrected chi connectivity index (χ0v) is 16.9. The molecule has 0 saturated carbocycles. The van der Waals surface area contributed by atoms with Crippen LogP contribution in [0.15, 0.2) is 12.2 Å². The Balaban J connectivity index is 1.91. The number of amides is 5. The second kappa shape index (κ2) is 14.5. The van der Waals surface area contributed by atoms with E-state index in [1.165, 1.54) is 12.2 Å². The Hall–Kier alpha value is -2.44. The second-order valence-corrected chi connectivity index (χ2v) is 6.22. The van der Waals surface area contributed by atoms with Crippen molar-refractivity contribution in [2.45, 2.75) is 12.8 Å². The van der Waals surface area contributed by atoms with E-state index in [4.69, 9.17) is 9.47 Å². The van der Waals surface area contributed by atoms with Crippen LogP contribution in [-0.2, 0) is 33.4 Å². The minimum Gasteiger partial charge on any atom is -0.377 e. The highest BCUT2D eigenvalue weighted by atomic mass is 32.1. The second-order valence-electron chi connectivity index (χ2n) is 5.78. The van der Waals surface area contributed by atoms with Crippen LogP contribution in [0, 0.1) is 0 Å². The average Bonchev–Trinajstić information content (AvgIpc) is 3.00. The van der Waals surface area contributed by atoms with Crippen LogP contribution in [0.2, 0.25) is 0 Å². The lowest BCUT2D eigenvalue weighted by Gasteiger charge is -2.13. The molecule has 0 fully saturated rings. The number of carbonyl (C=O) groups is 5. The van der Waals surface area contributed by atoms with Gasteiger partial charge >= 0.3 is 0 Å². The third-order valence-electron chi connectivity index (χ3n) is 3.55. The molecule has 1 aliphatic rings. The number of hydrogen-bond acceptors (Lipinski definition) is 8. The van der Waals surface area contributed by atoms with Crippen molar-refractivity contribution in [2.24, 2.45) is 0 Å². The van der Waals surface area contributed by atoms with Crippen LogP contribution in [0.3, 0.4) is 0 Å². The van der Waals surface area contributed by atoms with Gasteiger partial charge in [-0.25, -0.2) is 0 Å². The SMILES string of the molecule is O=C(CCN1C(=O)C=CC1=O)NCCOCCOCC(=O)NCNC(=O)CCS. The monoisotopic (exact) mass is 430 g/mol. The average molecular weight is 430 g/mol. The van der Waals surface area contributed by atoms with Gasteiger partial charge in [-0.1, -0.05) is 0 Å². The summed E-state index contributed by atoms with van der Waals surface area (Å²) in [5.74, 6) is -1.26. The molecule has 0 bridgehead atoms. The summed E-state index contributed by atoms with van der Waals surface area (Å²) < 4.78 is 10.4. The van der Waals surface area contributed by atoms with Gasteiger partial charge in [0.2, 0.25) is 17.7 Å². The summed E-state index contributed by atoms with van der Waals surface area (Å²) in [6, 6.07) is 0. The molecule has 3 N–H and O–H groups in total. The summed E-state index contributed by atoms with van der Waals surface area (Å²) in [5.41, 5.74) is 0. The molecule has 1 aliphatic heterocycles. The molecular weight excluding hydrogens is 404 g/mol. The summed E-state index contributed by atoms with van der Waals surface area (Å²) in [6.45, 7) is 0.857. The molecule has 5 amide bonds. The van der Waals surface area contributed by atoms with Gasteiger partial charge in [0, 0.05) is 38.1 Å². The van der Waals surface area contributed by atoms with Gasteiger partial charge in [0.15, 0.2) is 0 Å². The van der Waals surface area contributed by atoms with Crippen molar-refractivity contribution < 1.29 is 33.4 Å². The highest BCUT2D eigenvalue weighted by Crippen LogP contribution is 2.03. The number of nitrogens with zero attached hydrogens (tertiary/aromatic N) is 1. The molecular formula is C17H26N4O7S. The number of thiol groups is 1. The molecule has 0 aliphatic carbocycles. The largest absolute Gasteiger partial charge is 0.377 e. The lowest BCUT2D eigenvalue weighted by atomic mass is 10.3. The predicted molar refractivity (Wildman–Crippen MR) is 105 cm³/mol. The molecule has 162 valence electrons. The van der Waals surface area contributed by atoms with Gasteiger partial charge in [-0.2, -0.15) is 12.6 Å². The lowest BCUT2D eigenvalue weighted by Crippen LogP contribution is -2.39. The van der Waals surface area contributed by atoms with Crippen LogP contribution >= 0.6 is 12.6 Å². The van der Waals surface area contributed by atoms with Crippen molar-refractivity contribution in [1.29, 1.82) is 0 Å². The maximum atomic E-state index is 11.7. The van der Waals surface area contributed by atoms with Gasteiger partial charge in [-0.05, 0) is 5.75 Å². The highest BCUT2D eigenvalue weighted by Gasteiger charge is 2.23. The molecule has 0 saturated heterocycles. The van der Waals surface area contributed by atoms with Gasteiger partial charge in [-0.15, -0.1) is 0 Å². The fraction of sp³-hybridized carbons (Fsp3) is 0.588. The molecule has 0 aromatic rings. The fourth-order valence-corrected chi connectivity index (χ4v) is 2.29. The third kappa shape index (κ3) is 11.2. The molecule has 1 rings (SSSR count). The minimum absolute atomic E-state index is 0.0203. The van der Waals surface area contributed by atoms with Crippen LogP contribution < -0.4 is 16.0 Å². The van der Waals surface area contributed by atoms with E-state index >= 15 is 0 Å². The van der Waals surface area contributed by atoms with E-state index < -0.39 is 11.8 Å². The van der Waals surface area contributed by atoms with E-state index in [1.54, 1.807) is 0 Å². The molecule has 0 unspecified atom stereocenters. The topological polar surface area (TPSA) is 143 Å². The Kier molecular flexibility index (Phi) is 12.3.